The van der Waals surface area contributed by atoms with Crippen molar-refractivity contribution in [1.82, 2.24) is 4.72 Å². The zero-order valence-electron chi connectivity index (χ0n) is 11.7. The number of ether oxygens (including phenoxy) is 1. The summed E-state index contributed by atoms with van der Waals surface area (Å²) in [7, 11) is -3.99. The van der Waals surface area contributed by atoms with Gasteiger partial charge >= 0.3 is 0 Å². The summed E-state index contributed by atoms with van der Waals surface area (Å²) >= 11 is 3.18. The molecule has 1 atom stereocenters. The zero-order chi connectivity index (χ0) is 15.7. The fourth-order valence-corrected chi connectivity index (χ4v) is 4.58. The summed E-state index contributed by atoms with van der Waals surface area (Å²) in [5.41, 5.74) is 4.87. The fourth-order valence-electron chi connectivity index (χ4n) is 2.36. The Morgan fingerprint density at radius 1 is 1.52 bits per heavy atom. The average molecular weight is 381 g/mol. The van der Waals surface area contributed by atoms with Gasteiger partial charge in [0.15, 0.2) is 0 Å². The normalized spacial score (nSPS) is 23.2. The van der Waals surface area contributed by atoms with Gasteiger partial charge in [0.05, 0.1) is 12.1 Å². The number of nitrogens with one attached hydrogen (secondary N) is 1. The maximum Gasteiger partial charge on any atom is 0.244 e. The third-order valence-corrected chi connectivity index (χ3v) is 5.50. The highest BCUT2D eigenvalue weighted by Crippen LogP contribution is 2.27. The van der Waals surface area contributed by atoms with E-state index in [4.69, 9.17) is 10.5 Å². The Balaban J connectivity index is 2.38. The van der Waals surface area contributed by atoms with Crippen molar-refractivity contribution < 1.29 is 17.5 Å². The molecule has 21 heavy (non-hydrogen) atoms. The maximum absolute atomic E-state index is 14.3. The van der Waals surface area contributed by atoms with Crippen LogP contribution in [0, 0.1) is 5.82 Å². The first-order valence-electron chi connectivity index (χ1n) is 6.57. The van der Waals surface area contributed by atoms with Crippen LogP contribution in [0.1, 0.15) is 25.3 Å². The molecule has 3 N–H and O–H groups in total. The lowest BCUT2D eigenvalue weighted by molar-refractivity contribution is 0.0386. The second-order valence-corrected chi connectivity index (χ2v) is 7.97. The minimum Gasteiger partial charge on any atom is -0.380 e. The fraction of sp³-hybridized carbons (Fsp3) is 0.538. The van der Waals surface area contributed by atoms with Crippen molar-refractivity contribution in [1.29, 1.82) is 0 Å². The Kier molecular flexibility index (Phi) is 5.04. The number of sulfonamides is 1. The topological polar surface area (TPSA) is 81.4 Å². The van der Waals surface area contributed by atoms with Gasteiger partial charge in [0.1, 0.15) is 10.7 Å². The molecule has 0 aliphatic carbocycles. The van der Waals surface area contributed by atoms with Gasteiger partial charge in [0.2, 0.25) is 10.0 Å². The van der Waals surface area contributed by atoms with E-state index in [2.05, 4.69) is 20.7 Å². The number of halogens is 2. The smallest absolute Gasteiger partial charge is 0.244 e. The van der Waals surface area contributed by atoms with Crippen LogP contribution in [-0.4, -0.2) is 27.2 Å². The van der Waals surface area contributed by atoms with Crippen molar-refractivity contribution in [2.75, 3.05) is 13.2 Å². The highest BCUT2D eigenvalue weighted by atomic mass is 79.9. The first kappa shape index (κ1) is 16.8. The number of hydrogen-bond donors (Lipinski definition) is 2. The number of hydrogen-bond acceptors (Lipinski definition) is 4. The SMILES string of the molecule is CC1(NS(=O)(=O)c2cc(Br)cc(CN)c2F)CCCOC1. The van der Waals surface area contributed by atoms with E-state index in [-0.39, 0.29) is 18.7 Å². The van der Waals surface area contributed by atoms with E-state index in [0.29, 0.717) is 17.5 Å². The van der Waals surface area contributed by atoms with Crippen LogP contribution in [0.25, 0.3) is 0 Å². The van der Waals surface area contributed by atoms with Crippen molar-refractivity contribution in [3.05, 3.63) is 28.0 Å². The number of benzene rings is 1. The number of rotatable bonds is 4. The van der Waals surface area contributed by atoms with Crippen LogP contribution < -0.4 is 10.5 Å². The van der Waals surface area contributed by atoms with Crippen LogP contribution in [0.3, 0.4) is 0 Å². The van der Waals surface area contributed by atoms with E-state index >= 15 is 0 Å². The molecule has 0 spiro atoms. The van der Waals surface area contributed by atoms with Crippen LogP contribution in [0.4, 0.5) is 4.39 Å². The Labute approximate surface area is 132 Å². The largest absolute Gasteiger partial charge is 0.380 e. The van der Waals surface area contributed by atoms with Crippen molar-refractivity contribution in [3.63, 3.8) is 0 Å². The van der Waals surface area contributed by atoms with Gasteiger partial charge in [-0.1, -0.05) is 15.9 Å². The van der Waals surface area contributed by atoms with Crippen LogP contribution >= 0.6 is 15.9 Å². The summed E-state index contributed by atoms with van der Waals surface area (Å²) in [6.45, 7) is 2.56. The molecule has 1 aromatic carbocycles. The molecule has 118 valence electrons. The Bertz CT molecular complexity index is 631. The molecule has 1 aromatic rings. The summed E-state index contributed by atoms with van der Waals surface area (Å²) in [6.07, 6.45) is 1.40. The van der Waals surface area contributed by atoms with Gasteiger partial charge in [-0.3, -0.25) is 0 Å². The highest BCUT2D eigenvalue weighted by Gasteiger charge is 2.34. The Hall–Kier alpha value is -0.540. The molecule has 1 saturated heterocycles. The van der Waals surface area contributed by atoms with Crippen molar-refractivity contribution in [2.24, 2.45) is 5.73 Å². The molecule has 5 nitrogen and oxygen atoms in total. The summed E-state index contributed by atoms with van der Waals surface area (Å²) in [6, 6.07) is 2.71. The van der Waals surface area contributed by atoms with Gasteiger partial charge in [0.25, 0.3) is 0 Å². The molecule has 1 aliphatic rings. The molecule has 1 aliphatic heterocycles. The first-order chi connectivity index (χ1) is 9.77. The van der Waals surface area contributed by atoms with Gasteiger partial charge in [-0.2, -0.15) is 0 Å². The van der Waals surface area contributed by atoms with Crippen molar-refractivity contribution in [2.45, 2.75) is 36.7 Å². The standard InChI is InChI=1S/C13H18BrFN2O3S/c1-13(3-2-4-20-8-13)17-21(18,19)11-6-10(14)5-9(7-16)12(11)15/h5-6,17H,2-4,7-8,16H2,1H3. The number of nitrogens with two attached hydrogens (primary N) is 1. The Morgan fingerprint density at radius 3 is 2.81 bits per heavy atom. The predicted octanol–water partition coefficient (Wildman–Crippen LogP) is 1.89. The zero-order valence-corrected chi connectivity index (χ0v) is 14.1. The molecule has 2 rings (SSSR count). The molecule has 1 heterocycles. The average Bonchev–Trinajstić information content (AvgIpc) is 2.40. The maximum atomic E-state index is 14.3. The Morgan fingerprint density at radius 2 is 2.24 bits per heavy atom. The minimum absolute atomic E-state index is 0.0752. The lowest BCUT2D eigenvalue weighted by Crippen LogP contribution is -2.51. The van der Waals surface area contributed by atoms with Gasteiger partial charge in [-0.25, -0.2) is 17.5 Å². The van der Waals surface area contributed by atoms with Gasteiger partial charge in [-0.05, 0) is 31.9 Å². The van der Waals surface area contributed by atoms with E-state index in [0.717, 1.165) is 6.42 Å². The van der Waals surface area contributed by atoms with Crippen LogP contribution in [0.2, 0.25) is 0 Å². The molecule has 0 bridgehead atoms. The molecule has 0 amide bonds. The van der Waals surface area contributed by atoms with Crippen LogP contribution in [0.5, 0.6) is 0 Å². The quantitative estimate of drug-likeness (QED) is 0.835. The van der Waals surface area contributed by atoms with Crippen molar-refractivity contribution in [3.8, 4) is 0 Å². The van der Waals surface area contributed by atoms with E-state index in [1.807, 2.05) is 0 Å². The molecule has 0 radical (unpaired) electrons. The first-order valence-corrected chi connectivity index (χ1v) is 8.85. The third kappa shape index (κ3) is 3.81. The monoisotopic (exact) mass is 380 g/mol. The lowest BCUT2D eigenvalue weighted by atomic mass is 9.97. The molecule has 0 saturated carbocycles. The highest BCUT2D eigenvalue weighted by molar-refractivity contribution is 9.10. The lowest BCUT2D eigenvalue weighted by Gasteiger charge is -2.33. The van der Waals surface area contributed by atoms with Crippen LogP contribution in [-0.2, 0) is 21.3 Å². The van der Waals surface area contributed by atoms with Gasteiger partial charge in [0, 0.05) is 23.2 Å². The summed E-state index contributed by atoms with van der Waals surface area (Å²) in [5, 5.41) is 0. The molecule has 1 unspecified atom stereocenters. The molecule has 8 heteroatoms. The van der Waals surface area contributed by atoms with Gasteiger partial charge in [-0.15, -0.1) is 0 Å². The van der Waals surface area contributed by atoms with E-state index in [1.54, 1.807) is 6.92 Å². The van der Waals surface area contributed by atoms with E-state index in [9.17, 15) is 12.8 Å². The molecular weight excluding hydrogens is 363 g/mol. The second kappa shape index (κ2) is 6.29. The molecule has 1 fully saturated rings. The summed E-state index contributed by atoms with van der Waals surface area (Å²) in [4.78, 5) is -0.399. The second-order valence-electron chi connectivity index (χ2n) is 5.40. The van der Waals surface area contributed by atoms with Crippen molar-refractivity contribution >= 4 is 26.0 Å². The summed E-state index contributed by atoms with van der Waals surface area (Å²) < 4.78 is 47.6. The van der Waals surface area contributed by atoms with Crippen LogP contribution in [0.15, 0.2) is 21.5 Å². The minimum atomic E-state index is -3.99. The molecular formula is C13H18BrFN2O3S. The van der Waals surface area contributed by atoms with E-state index in [1.165, 1.54) is 12.1 Å². The molecule has 0 aromatic heterocycles. The third-order valence-electron chi connectivity index (χ3n) is 3.41. The summed E-state index contributed by atoms with van der Waals surface area (Å²) in [5.74, 6) is -0.812. The van der Waals surface area contributed by atoms with E-state index < -0.39 is 26.3 Å². The van der Waals surface area contributed by atoms with Gasteiger partial charge < -0.3 is 10.5 Å². The predicted molar refractivity (Wildman–Crippen MR) is 80.8 cm³/mol.